The highest BCUT2D eigenvalue weighted by molar-refractivity contribution is 5.14. The molecule has 80 valence electrons. The summed E-state index contributed by atoms with van der Waals surface area (Å²) < 4.78 is 0. The van der Waals surface area contributed by atoms with Gasteiger partial charge in [-0.2, -0.15) is 0 Å². The van der Waals surface area contributed by atoms with Crippen LogP contribution in [0.15, 0.2) is 30.3 Å². The molecule has 1 aromatic rings. The van der Waals surface area contributed by atoms with Crippen LogP contribution in [-0.4, -0.2) is 6.54 Å². The monoisotopic (exact) mass is 193 g/mol. The highest BCUT2D eigenvalue weighted by Gasteiger charge is 1.94. The van der Waals surface area contributed by atoms with E-state index in [1.54, 1.807) is 0 Å². The van der Waals surface area contributed by atoms with Gasteiger partial charge in [-0.15, -0.1) is 0 Å². The molecule has 0 aliphatic carbocycles. The molecule has 0 fully saturated rings. The standard InChI is InChI=1S/C10H14.C3H9N/c1-9(2)8-10-6-4-3-5-7-10;1-2-3-4/h3-7,9H,8H2,1-2H3;2-4H2,1H3. The van der Waals surface area contributed by atoms with Crippen LogP contribution in [0.1, 0.15) is 32.8 Å². The summed E-state index contributed by atoms with van der Waals surface area (Å²) in [7, 11) is 0. The molecule has 1 nitrogen and oxygen atoms in total. The fraction of sp³-hybridized carbons (Fsp3) is 0.538. The van der Waals surface area contributed by atoms with Crippen molar-refractivity contribution in [2.75, 3.05) is 6.54 Å². The summed E-state index contributed by atoms with van der Waals surface area (Å²) in [5.74, 6) is 0.766. The molecule has 0 radical (unpaired) electrons. The van der Waals surface area contributed by atoms with Crippen molar-refractivity contribution in [1.82, 2.24) is 0 Å². The average molecular weight is 193 g/mol. The maximum atomic E-state index is 5.03. The molecule has 0 saturated carbocycles. The van der Waals surface area contributed by atoms with E-state index in [1.165, 1.54) is 12.0 Å². The number of hydrogen-bond donors (Lipinski definition) is 1. The van der Waals surface area contributed by atoms with Crippen molar-refractivity contribution in [3.63, 3.8) is 0 Å². The first-order valence-electron chi connectivity index (χ1n) is 5.44. The molecule has 0 atom stereocenters. The lowest BCUT2D eigenvalue weighted by atomic mass is 10.0. The third-order valence-electron chi connectivity index (χ3n) is 1.78. The van der Waals surface area contributed by atoms with Crippen LogP contribution in [0.2, 0.25) is 0 Å². The molecule has 0 aliphatic heterocycles. The van der Waals surface area contributed by atoms with Gasteiger partial charge in [0.2, 0.25) is 0 Å². The average Bonchev–Trinajstić information content (AvgIpc) is 2.19. The summed E-state index contributed by atoms with van der Waals surface area (Å²) in [6.45, 7) is 7.36. The Balaban J connectivity index is 0.000000364. The maximum absolute atomic E-state index is 5.03. The molecule has 0 heterocycles. The summed E-state index contributed by atoms with van der Waals surface area (Å²) >= 11 is 0. The lowest BCUT2D eigenvalue weighted by molar-refractivity contribution is 0.647. The quantitative estimate of drug-likeness (QED) is 0.783. The first-order chi connectivity index (χ1) is 6.70. The highest BCUT2D eigenvalue weighted by atomic mass is 14.5. The zero-order valence-electron chi connectivity index (χ0n) is 9.66. The normalized spacial score (nSPS) is 9.50. The second-order valence-corrected chi connectivity index (χ2v) is 3.87. The second kappa shape index (κ2) is 8.76. The van der Waals surface area contributed by atoms with Gasteiger partial charge in [0.25, 0.3) is 0 Å². The van der Waals surface area contributed by atoms with E-state index in [2.05, 4.69) is 51.1 Å². The molecule has 0 bridgehead atoms. The molecule has 0 spiro atoms. The van der Waals surface area contributed by atoms with Crippen LogP contribution in [0.25, 0.3) is 0 Å². The number of benzene rings is 1. The van der Waals surface area contributed by atoms with Crippen LogP contribution >= 0.6 is 0 Å². The van der Waals surface area contributed by atoms with Crippen molar-refractivity contribution in [3.05, 3.63) is 35.9 Å². The van der Waals surface area contributed by atoms with Crippen molar-refractivity contribution >= 4 is 0 Å². The third-order valence-corrected chi connectivity index (χ3v) is 1.78. The molecule has 1 rings (SSSR count). The van der Waals surface area contributed by atoms with Gasteiger partial charge in [-0.3, -0.25) is 0 Å². The van der Waals surface area contributed by atoms with Crippen molar-refractivity contribution < 1.29 is 0 Å². The Morgan fingerprint density at radius 3 is 2.00 bits per heavy atom. The number of hydrogen-bond acceptors (Lipinski definition) is 1. The van der Waals surface area contributed by atoms with Gasteiger partial charge >= 0.3 is 0 Å². The van der Waals surface area contributed by atoms with Gasteiger partial charge in [0.05, 0.1) is 0 Å². The van der Waals surface area contributed by atoms with Crippen LogP contribution < -0.4 is 5.73 Å². The van der Waals surface area contributed by atoms with Gasteiger partial charge in [0, 0.05) is 0 Å². The first-order valence-corrected chi connectivity index (χ1v) is 5.44. The van der Waals surface area contributed by atoms with Crippen molar-refractivity contribution in [3.8, 4) is 0 Å². The Morgan fingerprint density at radius 2 is 1.64 bits per heavy atom. The van der Waals surface area contributed by atoms with Gasteiger partial charge in [0.1, 0.15) is 0 Å². The van der Waals surface area contributed by atoms with Crippen molar-refractivity contribution in [1.29, 1.82) is 0 Å². The molecule has 1 aromatic carbocycles. The largest absolute Gasteiger partial charge is 0.330 e. The van der Waals surface area contributed by atoms with E-state index in [4.69, 9.17) is 5.73 Å². The minimum absolute atomic E-state index is 0.766. The van der Waals surface area contributed by atoms with E-state index < -0.39 is 0 Å². The lowest BCUT2D eigenvalue weighted by Crippen LogP contribution is -1.93. The van der Waals surface area contributed by atoms with Crippen molar-refractivity contribution in [2.24, 2.45) is 11.7 Å². The Labute approximate surface area is 88.3 Å². The van der Waals surface area contributed by atoms with Gasteiger partial charge < -0.3 is 5.73 Å². The van der Waals surface area contributed by atoms with Gasteiger partial charge in [-0.1, -0.05) is 51.1 Å². The van der Waals surface area contributed by atoms with E-state index >= 15 is 0 Å². The van der Waals surface area contributed by atoms with Crippen LogP contribution in [0.4, 0.5) is 0 Å². The zero-order valence-corrected chi connectivity index (χ0v) is 9.66. The molecule has 14 heavy (non-hydrogen) atoms. The van der Waals surface area contributed by atoms with Crippen LogP contribution in [0, 0.1) is 5.92 Å². The van der Waals surface area contributed by atoms with Crippen LogP contribution in [0.3, 0.4) is 0 Å². The number of rotatable bonds is 3. The minimum atomic E-state index is 0.766. The molecule has 1 heteroatoms. The smallest absolute Gasteiger partial charge is 0.00799 e. The third kappa shape index (κ3) is 7.81. The van der Waals surface area contributed by atoms with Gasteiger partial charge in [-0.05, 0) is 30.9 Å². The fourth-order valence-corrected chi connectivity index (χ4v) is 1.09. The van der Waals surface area contributed by atoms with Crippen LogP contribution in [-0.2, 0) is 6.42 Å². The predicted octanol–water partition coefficient (Wildman–Crippen LogP) is 3.24. The molecular formula is C13H23N. The Kier molecular flexibility index (Phi) is 8.25. The summed E-state index contributed by atoms with van der Waals surface area (Å²) in [6, 6.07) is 10.6. The van der Waals surface area contributed by atoms with E-state index in [9.17, 15) is 0 Å². The molecule has 0 unspecified atom stereocenters. The van der Waals surface area contributed by atoms with E-state index in [1.807, 2.05) is 0 Å². The van der Waals surface area contributed by atoms with E-state index in [0.717, 1.165) is 18.9 Å². The molecule has 0 amide bonds. The summed E-state index contributed by atoms with van der Waals surface area (Å²) in [5, 5.41) is 0. The lowest BCUT2D eigenvalue weighted by Gasteiger charge is -2.02. The van der Waals surface area contributed by atoms with Gasteiger partial charge in [0.15, 0.2) is 0 Å². The molecule has 0 aromatic heterocycles. The second-order valence-electron chi connectivity index (χ2n) is 3.87. The topological polar surface area (TPSA) is 26.0 Å². The Bertz CT molecular complexity index is 202. The molecular weight excluding hydrogens is 170 g/mol. The predicted molar refractivity (Wildman–Crippen MR) is 64.3 cm³/mol. The summed E-state index contributed by atoms with van der Waals surface area (Å²) in [6.07, 6.45) is 2.29. The highest BCUT2D eigenvalue weighted by Crippen LogP contribution is 2.05. The Hall–Kier alpha value is -0.820. The first kappa shape index (κ1) is 13.2. The van der Waals surface area contributed by atoms with Crippen molar-refractivity contribution in [2.45, 2.75) is 33.6 Å². The SMILES string of the molecule is CC(C)Cc1ccccc1.CCCN. The molecule has 0 saturated heterocycles. The maximum Gasteiger partial charge on any atom is -0.00799 e. The minimum Gasteiger partial charge on any atom is -0.330 e. The molecule has 2 N–H and O–H groups in total. The zero-order chi connectivity index (χ0) is 10.8. The van der Waals surface area contributed by atoms with Crippen LogP contribution in [0.5, 0.6) is 0 Å². The fourth-order valence-electron chi connectivity index (χ4n) is 1.09. The Morgan fingerprint density at radius 1 is 1.14 bits per heavy atom. The number of nitrogens with two attached hydrogens (primary N) is 1. The molecule has 0 aliphatic rings. The summed E-state index contributed by atoms with van der Waals surface area (Å²) in [4.78, 5) is 0. The van der Waals surface area contributed by atoms with E-state index in [0.29, 0.717) is 0 Å². The summed E-state index contributed by atoms with van der Waals surface area (Å²) in [5.41, 5.74) is 6.47. The van der Waals surface area contributed by atoms with E-state index in [-0.39, 0.29) is 0 Å². The van der Waals surface area contributed by atoms with Gasteiger partial charge in [-0.25, -0.2) is 0 Å².